The largest absolute Gasteiger partial charge is 0.488 e. The molecule has 0 saturated carbocycles. The molecule has 1 saturated heterocycles. The van der Waals surface area contributed by atoms with Gasteiger partial charge in [0.05, 0.1) is 23.2 Å². The number of likely N-dealkylation sites (tertiary alicyclic amines) is 1. The Kier molecular flexibility index (Phi) is 5.09. The highest BCUT2D eigenvalue weighted by molar-refractivity contribution is 5.96. The topological polar surface area (TPSA) is 76.5 Å². The highest BCUT2D eigenvalue weighted by atomic mass is 19.1. The Morgan fingerprint density at radius 2 is 1.94 bits per heavy atom. The highest BCUT2D eigenvalue weighted by Crippen LogP contribution is 2.39. The van der Waals surface area contributed by atoms with Gasteiger partial charge >= 0.3 is 0 Å². The number of hydrogen-bond donors (Lipinski definition) is 2. The third kappa shape index (κ3) is 3.66. The molecule has 2 aliphatic rings. The fourth-order valence-electron chi connectivity index (χ4n) is 5.20. The maximum absolute atomic E-state index is 14.7. The van der Waals surface area contributed by atoms with Crippen LogP contribution < -0.4 is 10.5 Å². The van der Waals surface area contributed by atoms with E-state index < -0.39 is 11.9 Å². The zero-order chi connectivity index (χ0) is 24.3. The summed E-state index contributed by atoms with van der Waals surface area (Å²) in [4.78, 5) is 6.61. The van der Waals surface area contributed by atoms with Gasteiger partial charge in [-0.3, -0.25) is 0 Å². The van der Waals surface area contributed by atoms with Crippen LogP contribution in [0.5, 0.6) is 5.75 Å². The number of benzene rings is 3. The molecule has 35 heavy (non-hydrogen) atoms. The summed E-state index contributed by atoms with van der Waals surface area (Å²) >= 11 is 0. The molecule has 0 unspecified atom stereocenters. The van der Waals surface area contributed by atoms with Crippen LogP contribution in [0.4, 0.5) is 14.7 Å². The highest BCUT2D eigenvalue weighted by Gasteiger charge is 2.33. The van der Waals surface area contributed by atoms with Gasteiger partial charge in [0.15, 0.2) is 0 Å². The molecule has 6 rings (SSSR count). The van der Waals surface area contributed by atoms with Crippen molar-refractivity contribution in [1.29, 1.82) is 0 Å². The first-order chi connectivity index (χ1) is 16.9. The molecule has 2 aliphatic heterocycles. The molecule has 4 aromatic rings. The lowest BCUT2D eigenvalue weighted by atomic mass is 9.92. The number of fused-ring (bicyclic) bond motifs is 3. The van der Waals surface area contributed by atoms with Gasteiger partial charge in [-0.15, -0.1) is 0 Å². The average Bonchev–Trinajstić information content (AvgIpc) is 3.27. The standard InChI is InChI=1S/C27H24F2N4O2/c1-32-12-24(25(34)13-32)33-23-8-5-15(10-22(23)31-27(33)30)9-19-17-3-2-4-21(29)20(17)14-35-26-11-16(28)6-7-18(19)26/h2-11,24-25,34H,12-14H2,1H3,(H2,30,31)/b19-9+/t24-,25-/m1/s1. The number of aliphatic hydroxyl groups excluding tert-OH is 1. The van der Waals surface area contributed by atoms with Crippen LogP contribution >= 0.6 is 0 Å². The monoisotopic (exact) mass is 474 g/mol. The van der Waals surface area contributed by atoms with Crippen LogP contribution in [0, 0.1) is 11.6 Å². The first kappa shape index (κ1) is 21.8. The number of nitrogen functional groups attached to an aromatic ring is 1. The lowest BCUT2D eigenvalue weighted by Gasteiger charge is -2.18. The molecular formula is C27H24F2N4O2. The van der Waals surface area contributed by atoms with Crippen molar-refractivity contribution in [3.8, 4) is 5.75 Å². The van der Waals surface area contributed by atoms with E-state index in [0.717, 1.165) is 16.7 Å². The Morgan fingerprint density at radius 1 is 1.09 bits per heavy atom. The minimum atomic E-state index is -0.532. The fourth-order valence-corrected chi connectivity index (χ4v) is 5.20. The van der Waals surface area contributed by atoms with Crippen molar-refractivity contribution in [3.05, 3.63) is 88.5 Å². The normalized spacial score (nSPS) is 21.1. The lowest BCUT2D eigenvalue weighted by Crippen LogP contribution is -2.23. The van der Waals surface area contributed by atoms with Gasteiger partial charge in [0.1, 0.15) is 24.0 Å². The van der Waals surface area contributed by atoms with E-state index in [1.165, 1.54) is 18.2 Å². The second-order valence-electron chi connectivity index (χ2n) is 9.20. The van der Waals surface area contributed by atoms with E-state index in [9.17, 15) is 13.9 Å². The van der Waals surface area contributed by atoms with Crippen molar-refractivity contribution in [2.45, 2.75) is 18.8 Å². The minimum absolute atomic E-state index is 0.00787. The number of nitrogens with two attached hydrogens (primary N) is 1. The summed E-state index contributed by atoms with van der Waals surface area (Å²) in [6.45, 7) is 1.26. The van der Waals surface area contributed by atoms with Gasteiger partial charge in [-0.25, -0.2) is 13.8 Å². The van der Waals surface area contributed by atoms with Crippen molar-refractivity contribution in [1.82, 2.24) is 14.5 Å². The maximum Gasteiger partial charge on any atom is 0.201 e. The number of halogens is 2. The minimum Gasteiger partial charge on any atom is -0.488 e. The summed E-state index contributed by atoms with van der Waals surface area (Å²) in [5, 5.41) is 10.5. The number of likely N-dealkylation sites (N-methyl/N-ethyl adjacent to an activating group) is 1. The molecule has 3 heterocycles. The Labute approximate surface area is 200 Å². The Balaban J connectivity index is 1.50. The molecule has 8 heteroatoms. The number of aromatic nitrogens is 2. The number of imidazole rings is 1. The van der Waals surface area contributed by atoms with Crippen LogP contribution in [0.1, 0.15) is 28.3 Å². The van der Waals surface area contributed by atoms with E-state index in [0.29, 0.717) is 47.0 Å². The molecule has 0 spiro atoms. The second kappa shape index (κ2) is 8.18. The summed E-state index contributed by atoms with van der Waals surface area (Å²) in [6.07, 6.45) is 1.40. The van der Waals surface area contributed by atoms with Crippen molar-refractivity contribution in [2.24, 2.45) is 0 Å². The summed E-state index contributed by atoms with van der Waals surface area (Å²) in [6, 6.07) is 14.8. The SMILES string of the molecule is CN1C[C@@H](O)[C@H](n2c(N)nc3cc(/C=C4/c5ccc(F)cc5OCc5c(F)cccc54)ccc32)C1. The third-order valence-electron chi connectivity index (χ3n) is 6.84. The number of β-amino-alcohol motifs (C(OH)–C–C–N with tert-alkyl or cyclic N) is 1. The van der Waals surface area contributed by atoms with Gasteiger partial charge < -0.3 is 25.0 Å². The van der Waals surface area contributed by atoms with Crippen LogP contribution in [0.2, 0.25) is 0 Å². The van der Waals surface area contributed by atoms with Crippen LogP contribution in [-0.4, -0.2) is 45.8 Å². The predicted molar refractivity (Wildman–Crippen MR) is 131 cm³/mol. The first-order valence-electron chi connectivity index (χ1n) is 11.5. The number of rotatable bonds is 2. The average molecular weight is 475 g/mol. The molecule has 0 amide bonds. The molecule has 178 valence electrons. The number of nitrogens with zero attached hydrogens (tertiary/aromatic N) is 3. The van der Waals surface area contributed by atoms with E-state index in [1.54, 1.807) is 12.1 Å². The smallest absolute Gasteiger partial charge is 0.201 e. The number of hydrogen-bond acceptors (Lipinski definition) is 5. The summed E-state index contributed by atoms with van der Waals surface area (Å²) in [5.41, 5.74) is 11.1. The third-order valence-corrected chi connectivity index (χ3v) is 6.84. The number of aliphatic hydroxyl groups is 1. The van der Waals surface area contributed by atoms with E-state index in [-0.39, 0.29) is 18.5 Å². The molecule has 0 bridgehead atoms. The van der Waals surface area contributed by atoms with Crippen LogP contribution in [0.15, 0.2) is 54.6 Å². The summed E-state index contributed by atoms with van der Waals surface area (Å²) in [5.74, 6) is -0.0820. The molecular weight excluding hydrogens is 450 g/mol. The van der Waals surface area contributed by atoms with E-state index in [2.05, 4.69) is 9.88 Å². The second-order valence-corrected chi connectivity index (χ2v) is 9.20. The first-order valence-corrected chi connectivity index (χ1v) is 11.5. The predicted octanol–water partition coefficient (Wildman–Crippen LogP) is 4.23. The van der Waals surface area contributed by atoms with E-state index in [1.807, 2.05) is 42.0 Å². The molecule has 2 atom stereocenters. The van der Waals surface area contributed by atoms with Crippen LogP contribution in [0.25, 0.3) is 22.7 Å². The molecule has 0 aliphatic carbocycles. The van der Waals surface area contributed by atoms with Crippen molar-refractivity contribution in [3.63, 3.8) is 0 Å². The van der Waals surface area contributed by atoms with E-state index >= 15 is 0 Å². The summed E-state index contributed by atoms with van der Waals surface area (Å²) < 4.78 is 36.3. The quantitative estimate of drug-likeness (QED) is 0.455. The number of anilines is 1. The van der Waals surface area contributed by atoms with Crippen molar-refractivity contribution >= 4 is 28.6 Å². The fraction of sp³-hybridized carbons (Fsp3) is 0.222. The van der Waals surface area contributed by atoms with Gasteiger partial charge in [-0.1, -0.05) is 18.2 Å². The molecule has 6 nitrogen and oxygen atoms in total. The molecule has 3 N–H and O–H groups in total. The van der Waals surface area contributed by atoms with Crippen LogP contribution in [-0.2, 0) is 6.61 Å². The lowest BCUT2D eigenvalue weighted by molar-refractivity contribution is 0.148. The molecule has 3 aromatic carbocycles. The molecule has 1 aromatic heterocycles. The zero-order valence-electron chi connectivity index (χ0n) is 19.1. The van der Waals surface area contributed by atoms with Gasteiger partial charge in [0, 0.05) is 30.3 Å². The zero-order valence-corrected chi connectivity index (χ0v) is 19.1. The van der Waals surface area contributed by atoms with Crippen LogP contribution in [0.3, 0.4) is 0 Å². The Morgan fingerprint density at radius 3 is 2.74 bits per heavy atom. The van der Waals surface area contributed by atoms with Gasteiger partial charge in [-0.2, -0.15) is 0 Å². The Hall–Kier alpha value is -3.75. The van der Waals surface area contributed by atoms with Crippen molar-refractivity contribution in [2.75, 3.05) is 25.9 Å². The van der Waals surface area contributed by atoms with Gasteiger partial charge in [0.25, 0.3) is 0 Å². The number of ether oxygens (including phenoxy) is 1. The van der Waals surface area contributed by atoms with Crippen molar-refractivity contribution < 1.29 is 18.6 Å². The molecule has 1 fully saturated rings. The Bertz CT molecular complexity index is 1500. The van der Waals surface area contributed by atoms with Gasteiger partial charge in [-0.05, 0) is 60.2 Å². The summed E-state index contributed by atoms with van der Waals surface area (Å²) in [7, 11) is 1.96. The maximum atomic E-state index is 14.7. The molecule has 0 radical (unpaired) electrons. The van der Waals surface area contributed by atoms with Gasteiger partial charge in [0.2, 0.25) is 5.95 Å². The van der Waals surface area contributed by atoms with E-state index in [4.69, 9.17) is 10.5 Å².